The minimum absolute atomic E-state index is 0.0342. The van der Waals surface area contributed by atoms with Crippen LogP contribution < -0.4 is 4.90 Å². The van der Waals surface area contributed by atoms with E-state index in [1.54, 1.807) is 4.90 Å². The summed E-state index contributed by atoms with van der Waals surface area (Å²) in [7, 11) is 5.67. The van der Waals surface area contributed by atoms with Gasteiger partial charge in [-0.05, 0) is 45.0 Å². The van der Waals surface area contributed by atoms with Crippen molar-refractivity contribution in [2.45, 2.75) is 26.8 Å². The van der Waals surface area contributed by atoms with E-state index < -0.39 is 0 Å². The summed E-state index contributed by atoms with van der Waals surface area (Å²) >= 11 is 0. The number of amides is 1. The molecule has 7 heteroatoms. The largest absolute Gasteiger partial charge is 0.361 e. The van der Waals surface area contributed by atoms with Gasteiger partial charge in [-0.2, -0.15) is 5.10 Å². The van der Waals surface area contributed by atoms with E-state index in [-0.39, 0.29) is 11.9 Å². The number of anilines is 1. The van der Waals surface area contributed by atoms with E-state index in [1.165, 1.54) is 0 Å². The van der Waals surface area contributed by atoms with Gasteiger partial charge in [-0.1, -0.05) is 12.1 Å². The molecule has 28 heavy (non-hydrogen) atoms. The summed E-state index contributed by atoms with van der Waals surface area (Å²) in [4.78, 5) is 16.6. The number of carbonyl (C=O) groups is 1. The van der Waals surface area contributed by atoms with Gasteiger partial charge in [0.15, 0.2) is 5.82 Å². The van der Waals surface area contributed by atoms with Gasteiger partial charge in [0, 0.05) is 43.5 Å². The first kappa shape index (κ1) is 19.5. The van der Waals surface area contributed by atoms with Crippen LogP contribution in [0.1, 0.15) is 40.3 Å². The second kappa shape index (κ2) is 7.80. The summed E-state index contributed by atoms with van der Waals surface area (Å²) in [5.41, 5.74) is 5.29. The molecule has 0 saturated heterocycles. The lowest BCUT2D eigenvalue weighted by Gasteiger charge is -2.25. The Kier molecular flexibility index (Phi) is 5.44. The molecule has 7 nitrogen and oxygen atoms in total. The molecule has 0 radical (unpaired) electrons. The van der Waals surface area contributed by atoms with Gasteiger partial charge in [-0.3, -0.25) is 9.89 Å². The first-order valence-electron chi connectivity index (χ1n) is 9.19. The van der Waals surface area contributed by atoms with Crippen molar-refractivity contribution in [3.05, 3.63) is 58.9 Å². The predicted molar refractivity (Wildman–Crippen MR) is 110 cm³/mol. The summed E-state index contributed by atoms with van der Waals surface area (Å²) in [6, 6.07) is 11.2. The number of hydrogen-bond donors (Lipinski definition) is 1. The zero-order valence-electron chi connectivity index (χ0n) is 17.2. The van der Waals surface area contributed by atoms with Crippen molar-refractivity contribution >= 4 is 11.7 Å². The lowest BCUT2D eigenvalue weighted by molar-refractivity contribution is 0.0742. The lowest BCUT2D eigenvalue weighted by atomic mass is 10.0. The second-order valence-electron chi connectivity index (χ2n) is 7.19. The minimum Gasteiger partial charge on any atom is -0.361 e. The van der Waals surface area contributed by atoms with Crippen LogP contribution in [-0.4, -0.2) is 52.3 Å². The monoisotopic (exact) mass is 378 g/mol. The number of benzene rings is 1. The highest BCUT2D eigenvalue weighted by Crippen LogP contribution is 2.26. The smallest absolute Gasteiger partial charge is 0.254 e. The molecule has 1 N–H and O–H groups in total. The van der Waals surface area contributed by atoms with E-state index in [0.717, 1.165) is 34.0 Å². The van der Waals surface area contributed by atoms with Crippen molar-refractivity contribution in [2.24, 2.45) is 0 Å². The average Bonchev–Trinajstić information content (AvgIpc) is 3.04. The first-order chi connectivity index (χ1) is 13.3. The topological polar surface area (TPSA) is 78.0 Å². The number of hydrogen-bond acceptors (Lipinski definition) is 5. The van der Waals surface area contributed by atoms with Crippen LogP contribution in [0.25, 0.3) is 11.3 Å². The van der Waals surface area contributed by atoms with E-state index in [1.807, 2.05) is 83.2 Å². The molecule has 0 fully saturated rings. The summed E-state index contributed by atoms with van der Waals surface area (Å²) < 4.78 is 0. The van der Waals surface area contributed by atoms with Crippen LogP contribution in [0.2, 0.25) is 0 Å². The molecule has 0 bridgehead atoms. The number of aromatic nitrogens is 4. The first-order valence-corrected chi connectivity index (χ1v) is 9.19. The van der Waals surface area contributed by atoms with Crippen molar-refractivity contribution < 1.29 is 4.79 Å². The van der Waals surface area contributed by atoms with E-state index in [4.69, 9.17) is 0 Å². The highest BCUT2D eigenvalue weighted by atomic mass is 16.2. The van der Waals surface area contributed by atoms with Crippen LogP contribution in [0.4, 0.5) is 5.82 Å². The Labute approximate surface area is 165 Å². The molecule has 146 valence electrons. The standard InChI is InChI=1S/C21H26N6O/c1-13-20(14(2)23-22-13)15(3)27(6)21(28)17-9-7-16(8-10-17)18-11-12-19(25-24-18)26(4)5/h7-12,15H,1-6H3,(H,22,23). The number of aromatic amines is 1. The van der Waals surface area contributed by atoms with Crippen molar-refractivity contribution in [3.8, 4) is 11.3 Å². The Morgan fingerprint density at radius 3 is 2.18 bits per heavy atom. The molecule has 0 spiro atoms. The quantitative estimate of drug-likeness (QED) is 0.736. The minimum atomic E-state index is -0.0737. The molecule has 1 aromatic carbocycles. The molecule has 1 atom stereocenters. The Morgan fingerprint density at radius 2 is 1.68 bits per heavy atom. The fourth-order valence-corrected chi connectivity index (χ4v) is 3.25. The Balaban J connectivity index is 1.78. The molecule has 0 aliphatic rings. The zero-order chi connectivity index (χ0) is 20.4. The second-order valence-corrected chi connectivity index (χ2v) is 7.19. The van der Waals surface area contributed by atoms with Crippen LogP contribution in [0, 0.1) is 13.8 Å². The third-order valence-electron chi connectivity index (χ3n) is 5.04. The van der Waals surface area contributed by atoms with Gasteiger partial charge in [0.25, 0.3) is 5.91 Å². The Morgan fingerprint density at radius 1 is 1.00 bits per heavy atom. The molecule has 0 aliphatic carbocycles. The van der Waals surface area contributed by atoms with Crippen molar-refractivity contribution in [2.75, 3.05) is 26.0 Å². The maximum atomic E-state index is 12.9. The van der Waals surface area contributed by atoms with Gasteiger partial charge in [-0.25, -0.2) is 0 Å². The Bertz CT molecular complexity index is 940. The van der Waals surface area contributed by atoms with Crippen molar-refractivity contribution in [1.82, 2.24) is 25.3 Å². The third-order valence-corrected chi connectivity index (χ3v) is 5.04. The van der Waals surface area contributed by atoms with E-state index in [2.05, 4.69) is 20.4 Å². The van der Waals surface area contributed by atoms with E-state index in [9.17, 15) is 4.79 Å². The average molecular weight is 378 g/mol. The zero-order valence-corrected chi connectivity index (χ0v) is 17.2. The molecule has 3 aromatic rings. The number of carbonyl (C=O) groups excluding carboxylic acids is 1. The molecule has 1 amide bonds. The number of rotatable bonds is 5. The number of aryl methyl sites for hydroxylation is 2. The van der Waals surface area contributed by atoms with Gasteiger partial charge in [0.1, 0.15) is 0 Å². The third kappa shape index (κ3) is 3.74. The van der Waals surface area contributed by atoms with E-state index >= 15 is 0 Å². The van der Waals surface area contributed by atoms with Gasteiger partial charge in [-0.15, -0.1) is 10.2 Å². The number of nitrogens with zero attached hydrogens (tertiary/aromatic N) is 5. The summed E-state index contributed by atoms with van der Waals surface area (Å²) in [6.45, 7) is 5.94. The number of H-pyrrole nitrogens is 1. The summed E-state index contributed by atoms with van der Waals surface area (Å²) in [6.07, 6.45) is 0. The highest BCUT2D eigenvalue weighted by molar-refractivity contribution is 5.94. The van der Waals surface area contributed by atoms with Gasteiger partial charge in [0.2, 0.25) is 0 Å². The molecular formula is C21H26N6O. The van der Waals surface area contributed by atoms with Crippen molar-refractivity contribution in [3.63, 3.8) is 0 Å². The van der Waals surface area contributed by atoms with Crippen molar-refractivity contribution in [1.29, 1.82) is 0 Å². The lowest BCUT2D eigenvalue weighted by Crippen LogP contribution is -2.30. The van der Waals surface area contributed by atoms with E-state index in [0.29, 0.717) is 5.56 Å². The van der Waals surface area contributed by atoms with Crippen LogP contribution in [0.5, 0.6) is 0 Å². The normalized spacial score (nSPS) is 11.9. The fraction of sp³-hybridized carbons (Fsp3) is 0.333. The van der Waals surface area contributed by atoms with Crippen LogP contribution in [0.3, 0.4) is 0 Å². The molecule has 0 saturated carbocycles. The molecule has 2 aromatic heterocycles. The molecule has 0 aliphatic heterocycles. The Hall–Kier alpha value is -3.22. The van der Waals surface area contributed by atoms with Crippen LogP contribution in [0.15, 0.2) is 36.4 Å². The molecule has 2 heterocycles. The summed E-state index contributed by atoms with van der Waals surface area (Å²) in [5.74, 6) is 0.768. The molecule has 1 unspecified atom stereocenters. The van der Waals surface area contributed by atoms with Gasteiger partial charge < -0.3 is 9.80 Å². The van der Waals surface area contributed by atoms with Crippen LogP contribution >= 0.6 is 0 Å². The SMILES string of the molecule is Cc1n[nH]c(C)c1C(C)N(C)C(=O)c1ccc(-c2ccc(N(C)C)nn2)cc1. The predicted octanol–water partition coefficient (Wildman–Crippen LogP) is 3.38. The maximum absolute atomic E-state index is 12.9. The molecular weight excluding hydrogens is 352 g/mol. The van der Waals surface area contributed by atoms with Gasteiger partial charge >= 0.3 is 0 Å². The summed E-state index contributed by atoms with van der Waals surface area (Å²) in [5, 5.41) is 15.7. The fourth-order valence-electron chi connectivity index (χ4n) is 3.25. The maximum Gasteiger partial charge on any atom is 0.254 e. The van der Waals surface area contributed by atoms with Gasteiger partial charge in [0.05, 0.1) is 17.4 Å². The number of nitrogens with one attached hydrogen (secondary N) is 1. The van der Waals surface area contributed by atoms with Crippen LogP contribution in [-0.2, 0) is 0 Å². The highest BCUT2D eigenvalue weighted by Gasteiger charge is 2.23. The molecule has 3 rings (SSSR count).